The maximum atomic E-state index is 2.44. The van der Waals surface area contributed by atoms with Gasteiger partial charge in [-0.15, -0.1) is 0 Å². The summed E-state index contributed by atoms with van der Waals surface area (Å²) >= 11 is 0. The van der Waals surface area contributed by atoms with Crippen molar-refractivity contribution in [3.8, 4) is 44.8 Å². The summed E-state index contributed by atoms with van der Waals surface area (Å²) in [5.74, 6) is 0. The number of fused-ring (bicyclic) bond motifs is 9. The minimum atomic E-state index is -0.233. The largest absolute Gasteiger partial charge is 0.310 e. The van der Waals surface area contributed by atoms with E-state index in [9.17, 15) is 0 Å². The molecule has 1 aliphatic carbocycles. The van der Waals surface area contributed by atoms with E-state index in [1.54, 1.807) is 0 Å². The molecule has 0 aliphatic heterocycles. The zero-order valence-electron chi connectivity index (χ0n) is 36.9. The van der Waals surface area contributed by atoms with Crippen LogP contribution in [-0.2, 0) is 5.41 Å². The van der Waals surface area contributed by atoms with Crippen LogP contribution in [0.1, 0.15) is 25.0 Å². The molecule has 0 unspecified atom stereocenters. The number of benzene rings is 10. The lowest BCUT2D eigenvalue weighted by molar-refractivity contribution is 0.660. The van der Waals surface area contributed by atoms with Gasteiger partial charge in [-0.3, -0.25) is 0 Å². The summed E-state index contributed by atoms with van der Waals surface area (Å²) in [6, 6.07) is 86.8. The molecule has 0 saturated heterocycles. The Balaban J connectivity index is 0.909. The molecule has 0 amide bonds. The molecule has 0 N–H and O–H groups in total. The third-order valence-electron chi connectivity index (χ3n) is 14.1. The predicted molar refractivity (Wildman–Crippen MR) is 278 cm³/mol. The molecule has 312 valence electrons. The van der Waals surface area contributed by atoms with Crippen LogP contribution in [0.5, 0.6) is 0 Å². The third kappa shape index (κ3) is 5.90. The lowest BCUT2D eigenvalue weighted by Gasteiger charge is -2.28. The van der Waals surface area contributed by atoms with Crippen molar-refractivity contribution in [1.82, 2.24) is 9.13 Å². The lowest BCUT2D eigenvalue weighted by atomic mass is 9.82. The molecule has 0 spiro atoms. The fourth-order valence-corrected chi connectivity index (χ4v) is 10.9. The number of rotatable bonds is 7. The van der Waals surface area contributed by atoms with Crippen molar-refractivity contribution in [2.24, 2.45) is 0 Å². The summed E-state index contributed by atoms with van der Waals surface area (Å²) in [5, 5.41) is 5.07. The molecule has 3 heteroatoms. The van der Waals surface area contributed by atoms with E-state index in [0.717, 1.165) is 22.7 Å². The second kappa shape index (κ2) is 14.8. The molecule has 13 rings (SSSR count). The van der Waals surface area contributed by atoms with E-state index in [1.165, 1.54) is 93.8 Å². The number of aromatic nitrogens is 2. The van der Waals surface area contributed by atoms with Gasteiger partial charge in [-0.25, -0.2) is 0 Å². The van der Waals surface area contributed by atoms with E-state index in [2.05, 4.69) is 264 Å². The van der Waals surface area contributed by atoms with Gasteiger partial charge in [0.2, 0.25) is 0 Å². The zero-order valence-corrected chi connectivity index (χ0v) is 36.9. The summed E-state index contributed by atoms with van der Waals surface area (Å²) in [6.07, 6.45) is 0. The number of anilines is 3. The summed E-state index contributed by atoms with van der Waals surface area (Å²) in [7, 11) is 0. The summed E-state index contributed by atoms with van der Waals surface area (Å²) in [5.41, 5.74) is 20.4. The van der Waals surface area contributed by atoms with Gasteiger partial charge in [0, 0.05) is 55.4 Å². The number of para-hydroxylation sites is 4. The van der Waals surface area contributed by atoms with Crippen molar-refractivity contribution in [1.29, 1.82) is 0 Å². The van der Waals surface area contributed by atoms with Crippen molar-refractivity contribution in [3.05, 3.63) is 248 Å². The molecule has 3 nitrogen and oxygen atoms in total. The Labute approximate surface area is 384 Å². The van der Waals surface area contributed by atoms with E-state index in [0.29, 0.717) is 0 Å². The molecule has 0 saturated carbocycles. The van der Waals surface area contributed by atoms with Crippen molar-refractivity contribution >= 4 is 60.7 Å². The summed E-state index contributed by atoms with van der Waals surface area (Å²) in [6.45, 7) is 4.78. The molecule has 66 heavy (non-hydrogen) atoms. The Bertz CT molecular complexity index is 3760. The molecule has 0 atom stereocenters. The highest BCUT2D eigenvalue weighted by atomic mass is 15.1. The monoisotopic (exact) mass is 843 g/mol. The first-order chi connectivity index (χ1) is 32.5. The van der Waals surface area contributed by atoms with Gasteiger partial charge in [-0.05, 0) is 129 Å². The van der Waals surface area contributed by atoms with Gasteiger partial charge in [-0.2, -0.15) is 0 Å². The smallest absolute Gasteiger partial charge is 0.0547 e. The highest BCUT2D eigenvalue weighted by Crippen LogP contribution is 2.52. The average molecular weight is 844 g/mol. The maximum Gasteiger partial charge on any atom is 0.0547 e. The minimum absolute atomic E-state index is 0.233. The van der Waals surface area contributed by atoms with Gasteiger partial charge >= 0.3 is 0 Å². The predicted octanol–water partition coefficient (Wildman–Crippen LogP) is 17.0. The average Bonchev–Trinajstić information content (AvgIpc) is 3.97. The molecule has 2 aromatic heterocycles. The van der Waals surface area contributed by atoms with Crippen LogP contribution in [0.4, 0.5) is 17.1 Å². The van der Waals surface area contributed by atoms with E-state index in [4.69, 9.17) is 0 Å². The third-order valence-corrected chi connectivity index (χ3v) is 14.1. The summed E-state index contributed by atoms with van der Waals surface area (Å²) in [4.78, 5) is 2.41. The quantitative estimate of drug-likeness (QED) is 0.156. The topological polar surface area (TPSA) is 13.1 Å². The van der Waals surface area contributed by atoms with Crippen molar-refractivity contribution < 1.29 is 0 Å². The second-order valence-electron chi connectivity index (χ2n) is 18.2. The van der Waals surface area contributed by atoms with Crippen LogP contribution >= 0.6 is 0 Å². The molecule has 0 fully saturated rings. The van der Waals surface area contributed by atoms with Gasteiger partial charge < -0.3 is 14.0 Å². The molecule has 12 aromatic rings. The van der Waals surface area contributed by atoms with Gasteiger partial charge in [0.25, 0.3) is 0 Å². The standard InChI is InChI=1S/C63H45N3/c1-63(2)57-40-49(34-37-51(57)52-38-35-50(41-58(52)63)66-60-23-13-9-19-53(60)54-20-10-14-24-61(54)66)64(47-30-25-43(26-31-47)42-15-5-3-6-16-42)48-32-27-44(28-33-48)45-29-36-56-55-21-11-12-22-59(55)65(62(56)39-45)46-17-7-4-8-18-46/h3-41H,1-2H3. The molecule has 10 aromatic carbocycles. The molecule has 1 aliphatic rings. The van der Waals surface area contributed by atoms with Crippen molar-refractivity contribution in [2.75, 3.05) is 4.90 Å². The maximum absolute atomic E-state index is 2.44. The van der Waals surface area contributed by atoms with Crippen LogP contribution in [0.15, 0.2) is 237 Å². The SMILES string of the molecule is CC1(C)c2cc(N(c3ccc(-c4ccccc4)cc3)c3ccc(-c4ccc5c6ccccc6n(-c6ccccc6)c5c4)cc3)ccc2-c2ccc(-n3c4ccccc4c4ccccc43)cc21. The molecule has 2 heterocycles. The first-order valence-corrected chi connectivity index (χ1v) is 22.9. The van der Waals surface area contributed by atoms with E-state index >= 15 is 0 Å². The van der Waals surface area contributed by atoms with Crippen LogP contribution < -0.4 is 4.90 Å². The molecule has 0 bridgehead atoms. The Kier molecular flexibility index (Phi) is 8.56. The highest BCUT2D eigenvalue weighted by Gasteiger charge is 2.36. The van der Waals surface area contributed by atoms with Crippen LogP contribution in [-0.4, -0.2) is 9.13 Å². The first kappa shape index (κ1) is 38.1. The highest BCUT2D eigenvalue weighted by molar-refractivity contribution is 6.11. The Morgan fingerprint density at radius 1 is 0.303 bits per heavy atom. The van der Waals surface area contributed by atoms with Crippen LogP contribution in [0, 0.1) is 0 Å². The molecular formula is C63H45N3. The van der Waals surface area contributed by atoms with Crippen LogP contribution in [0.25, 0.3) is 88.4 Å². The number of nitrogens with zero attached hydrogens (tertiary/aromatic N) is 3. The first-order valence-electron chi connectivity index (χ1n) is 22.9. The number of hydrogen-bond acceptors (Lipinski definition) is 1. The number of hydrogen-bond donors (Lipinski definition) is 0. The minimum Gasteiger partial charge on any atom is -0.310 e. The van der Waals surface area contributed by atoms with Gasteiger partial charge in [-0.1, -0.05) is 166 Å². The van der Waals surface area contributed by atoms with Crippen molar-refractivity contribution in [3.63, 3.8) is 0 Å². The normalized spacial score (nSPS) is 12.8. The van der Waals surface area contributed by atoms with Crippen LogP contribution in [0.2, 0.25) is 0 Å². The fraction of sp³-hybridized carbons (Fsp3) is 0.0476. The second-order valence-corrected chi connectivity index (χ2v) is 18.2. The summed E-state index contributed by atoms with van der Waals surface area (Å²) < 4.78 is 4.82. The Morgan fingerprint density at radius 3 is 1.32 bits per heavy atom. The van der Waals surface area contributed by atoms with E-state index in [1.807, 2.05) is 0 Å². The van der Waals surface area contributed by atoms with Gasteiger partial charge in [0.05, 0.1) is 22.1 Å². The molecular weight excluding hydrogens is 799 g/mol. The van der Waals surface area contributed by atoms with E-state index < -0.39 is 0 Å². The lowest BCUT2D eigenvalue weighted by Crippen LogP contribution is -2.17. The van der Waals surface area contributed by atoms with E-state index in [-0.39, 0.29) is 5.41 Å². The van der Waals surface area contributed by atoms with Crippen LogP contribution in [0.3, 0.4) is 0 Å². The van der Waals surface area contributed by atoms with Gasteiger partial charge in [0.15, 0.2) is 0 Å². The zero-order chi connectivity index (χ0) is 43.9. The molecule has 0 radical (unpaired) electrons. The van der Waals surface area contributed by atoms with Gasteiger partial charge in [0.1, 0.15) is 0 Å². The van der Waals surface area contributed by atoms with Crippen molar-refractivity contribution in [2.45, 2.75) is 19.3 Å². The Morgan fingerprint density at radius 2 is 0.727 bits per heavy atom. The fourth-order valence-electron chi connectivity index (χ4n) is 10.9. The Hall–Kier alpha value is -8.40.